The van der Waals surface area contributed by atoms with Crippen LogP contribution in [0.3, 0.4) is 0 Å². The molecule has 0 fully saturated rings. The summed E-state index contributed by atoms with van der Waals surface area (Å²) < 4.78 is 15.4. The average molecular weight is 335 g/mol. The Bertz CT molecular complexity index is 614. The highest BCUT2D eigenvalue weighted by atomic mass is 79.9. The fourth-order valence-electron chi connectivity index (χ4n) is 1.67. The number of rotatable bonds is 3. The molecule has 0 unspecified atom stereocenters. The Morgan fingerprint density at radius 2 is 2.33 bits per heavy atom. The molecule has 96 valence electrons. The maximum atomic E-state index is 13.4. The van der Waals surface area contributed by atoms with E-state index in [-0.39, 0.29) is 18.3 Å². The van der Waals surface area contributed by atoms with Crippen molar-refractivity contribution < 1.29 is 9.18 Å². The predicted molar refractivity (Wildman–Crippen MR) is 71.0 cm³/mol. The van der Waals surface area contributed by atoms with Gasteiger partial charge in [-0.1, -0.05) is 0 Å². The predicted octanol–water partition coefficient (Wildman–Crippen LogP) is 2.42. The molecule has 1 amide bonds. The molecule has 18 heavy (non-hydrogen) atoms. The second-order valence-electron chi connectivity index (χ2n) is 3.68. The lowest BCUT2D eigenvalue weighted by Crippen LogP contribution is -2.24. The van der Waals surface area contributed by atoms with Crippen LogP contribution >= 0.6 is 27.5 Å². The summed E-state index contributed by atoms with van der Waals surface area (Å²) in [6.45, 7) is 0.104. The monoisotopic (exact) mass is 333 g/mol. The number of hydrogen-bond donors (Lipinski definition) is 1. The van der Waals surface area contributed by atoms with Crippen molar-refractivity contribution in [3.8, 4) is 0 Å². The van der Waals surface area contributed by atoms with Gasteiger partial charge >= 0.3 is 0 Å². The van der Waals surface area contributed by atoms with Gasteiger partial charge in [0.25, 0.3) is 0 Å². The lowest BCUT2D eigenvalue weighted by molar-refractivity contribution is -0.121. The molecular formula is C11H10BrClFN3O. The molecule has 1 heterocycles. The number of likely N-dealkylation sites (N-methyl/N-ethyl adjacent to an activating group) is 1. The molecular weight excluding hydrogens is 324 g/mol. The molecule has 0 spiro atoms. The molecule has 4 nitrogen and oxygen atoms in total. The van der Waals surface area contributed by atoms with Crippen LogP contribution in [0.1, 0.15) is 5.82 Å². The molecule has 0 radical (unpaired) electrons. The standard InChI is InChI=1S/C11H10BrClFN3O/c1-15-11(18)5-17-9-2-6(12)7(14)3-8(9)16-10(17)4-13/h2-3H,4-5H2,1H3,(H,15,18). The molecule has 7 heteroatoms. The molecule has 1 aromatic carbocycles. The number of fused-ring (bicyclic) bond motifs is 1. The number of aromatic nitrogens is 2. The minimum absolute atomic E-state index is 0.104. The number of amides is 1. The van der Waals surface area contributed by atoms with Gasteiger partial charge < -0.3 is 9.88 Å². The summed E-state index contributed by atoms with van der Waals surface area (Å²) in [5.41, 5.74) is 1.15. The first-order valence-corrected chi connectivity index (χ1v) is 6.50. The van der Waals surface area contributed by atoms with Crippen LogP contribution in [0.2, 0.25) is 0 Å². The summed E-state index contributed by atoms with van der Waals surface area (Å²) in [7, 11) is 1.55. The summed E-state index contributed by atoms with van der Waals surface area (Å²) in [6, 6.07) is 2.91. The number of benzene rings is 1. The van der Waals surface area contributed by atoms with Crippen LogP contribution in [-0.2, 0) is 17.2 Å². The molecule has 0 bridgehead atoms. The zero-order valence-electron chi connectivity index (χ0n) is 9.51. The number of carbonyl (C=O) groups excluding carboxylic acids is 1. The first kappa shape index (κ1) is 13.3. The van der Waals surface area contributed by atoms with Crippen LogP contribution in [0.5, 0.6) is 0 Å². The van der Waals surface area contributed by atoms with Gasteiger partial charge in [-0.2, -0.15) is 0 Å². The number of halogens is 3. The molecule has 0 aliphatic carbocycles. The first-order chi connectivity index (χ1) is 8.56. The summed E-state index contributed by atoms with van der Waals surface area (Å²) in [4.78, 5) is 15.7. The summed E-state index contributed by atoms with van der Waals surface area (Å²) >= 11 is 8.90. The maximum absolute atomic E-state index is 13.4. The van der Waals surface area contributed by atoms with Crippen LogP contribution < -0.4 is 5.32 Å². The Hall–Kier alpha value is -1.14. The Kier molecular flexibility index (Phi) is 3.87. The largest absolute Gasteiger partial charge is 0.358 e. The number of nitrogens with one attached hydrogen (secondary N) is 1. The van der Waals surface area contributed by atoms with E-state index in [4.69, 9.17) is 11.6 Å². The van der Waals surface area contributed by atoms with E-state index in [9.17, 15) is 9.18 Å². The van der Waals surface area contributed by atoms with E-state index in [1.165, 1.54) is 6.07 Å². The lowest BCUT2D eigenvalue weighted by Gasteiger charge is -2.06. The highest BCUT2D eigenvalue weighted by Gasteiger charge is 2.14. The van der Waals surface area contributed by atoms with Gasteiger partial charge in [-0.05, 0) is 22.0 Å². The lowest BCUT2D eigenvalue weighted by atomic mass is 10.3. The van der Waals surface area contributed by atoms with E-state index in [1.54, 1.807) is 17.7 Å². The molecule has 1 aromatic heterocycles. The number of nitrogens with zero attached hydrogens (tertiary/aromatic N) is 2. The molecule has 2 aromatic rings. The van der Waals surface area contributed by atoms with E-state index >= 15 is 0 Å². The first-order valence-electron chi connectivity index (χ1n) is 5.17. The number of alkyl halides is 1. The minimum Gasteiger partial charge on any atom is -0.358 e. The summed E-state index contributed by atoms with van der Waals surface area (Å²) in [5.74, 6) is 0.132. The number of imidazole rings is 1. The van der Waals surface area contributed by atoms with Gasteiger partial charge in [0.15, 0.2) is 0 Å². The Morgan fingerprint density at radius 1 is 1.61 bits per heavy atom. The van der Waals surface area contributed by atoms with Crippen molar-refractivity contribution in [2.45, 2.75) is 12.4 Å². The second kappa shape index (κ2) is 5.24. The normalized spacial score (nSPS) is 10.9. The smallest absolute Gasteiger partial charge is 0.239 e. The van der Waals surface area contributed by atoms with Crippen LogP contribution in [0.15, 0.2) is 16.6 Å². The van der Waals surface area contributed by atoms with Gasteiger partial charge in [0, 0.05) is 13.1 Å². The Balaban J connectivity index is 2.61. The van der Waals surface area contributed by atoms with Gasteiger partial charge in [-0.25, -0.2) is 9.37 Å². The van der Waals surface area contributed by atoms with E-state index in [0.29, 0.717) is 21.3 Å². The van der Waals surface area contributed by atoms with Crippen molar-refractivity contribution in [3.05, 3.63) is 28.2 Å². The van der Waals surface area contributed by atoms with Crippen molar-refractivity contribution in [1.82, 2.24) is 14.9 Å². The highest BCUT2D eigenvalue weighted by Crippen LogP contribution is 2.24. The molecule has 1 N–H and O–H groups in total. The quantitative estimate of drug-likeness (QED) is 0.876. The van der Waals surface area contributed by atoms with Crippen LogP contribution in [0.25, 0.3) is 11.0 Å². The van der Waals surface area contributed by atoms with Gasteiger partial charge in [0.1, 0.15) is 18.2 Å². The molecule has 0 aliphatic rings. The summed E-state index contributed by atoms with van der Waals surface area (Å²) in [6.07, 6.45) is 0. The SMILES string of the molecule is CNC(=O)Cn1c(CCl)nc2cc(F)c(Br)cc21. The zero-order chi connectivity index (χ0) is 13.3. The third kappa shape index (κ3) is 2.35. The van der Waals surface area contributed by atoms with Gasteiger partial charge in [0.05, 0.1) is 21.4 Å². The Morgan fingerprint density at radius 3 is 2.94 bits per heavy atom. The third-order valence-electron chi connectivity index (χ3n) is 2.57. The van der Waals surface area contributed by atoms with E-state index in [2.05, 4.69) is 26.2 Å². The maximum Gasteiger partial charge on any atom is 0.239 e. The van der Waals surface area contributed by atoms with Crippen molar-refractivity contribution in [3.63, 3.8) is 0 Å². The topological polar surface area (TPSA) is 46.9 Å². The highest BCUT2D eigenvalue weighted by molar-refractivity contribution is 9.10. The minimum atomic E-state index is -0.395. The van der Waals surface area contributed by atoms with Crippen LogP contribution in [0, 0.1) is 5.82 Å². The summed E-state index contributed by atoms with van der Waals surface area (Å²) in [5, 5.41) is 2.53. The van der Waals surface area contributed by atoms with Gasteiger partial charge in [0.2, 0.25) is 5.91 Å². The Labute approximate surface area is 116 Å². The van der Waals surface area contributed by atoms with Gasteiger partial charge in [-0.15, -0.1) is 11.6 Å². The fraction of sp³-hybridized carbons (Fsp3) is 0.273. The molecule has 0 aliphatic heterocycles. The number of carbonyl (C=O) groups is 1. The molecule has 0 saturated heterocycles. The van der Waals surface area contributed by atoms with E-state index < -0.39 is 5.82 Å². The molecule has 0 saturated carbocycles. The van der Waals surface area contributed by atoms with Crippen LogP contribution in [0.4, 0.5) is 4.39 Å². The molecule has 0 atom stereocenters. The van der Waals surface area contributed by atoms with Crippen molar-refractivity contribution in [1.29, 1.82) is 0 Å². The van der Waals surface area contributed by atoms with Crippen molar-refractivity contribution in [2.24, 2.45) is 0 Å². The number of hydrogen-bond acceptors (Lipinski definition) is 2. The van der Waals surface area contributed by atoms with E-state index in [0.717, 1.165) is 0 Å². The van der Waals surface area contributed by atoms with Crippen molar-refractivity contribution in [2.75, 3.05) is 7.05 Å². The van der Waals surface area contributed by atoms with Gasteiger partial charge in [-0.3, -0.25) is 4.79 Å². The van der Waals surface area contributed by atoms with E-state index in [1.807, 2.05) is 0 Å². The third-order valence-corrected chi connectivity index (χ3v) is 3.42. The van der Waals surface area contributed by atoms with Crippen molar-refractivity contribution >= 4 is 44.5 Å². The zero-order valence-corrected chi connectivity index (χ0v) is 11.8. The fourth-order valence-corrected chi connectivity index (χ4v) is 2.21. The average Bonchev–Trinajstić information content (AvgIpc) is 2.67. The van der Waals surface area contributed by atoms with Crippen LogP contribution in [-0.4, -0.2) is 22.5 Å². The molecule has 2 rings (SSSR count). The second-order valence-corrected chi connectivity index (χ2v) is 4.80.